The number of hydrogen-bond acceptors (Lipinski definition) is 2. The molecule has 5 nitrogen and oxygen atoms in total. The molecular weight excluding hydrogens is 314 g/mol. The van der Waals surface area contributed by atoms with Crippen LogP contribution >= 0.6 is 0 Å². The normalized spacial score (nSPS) is 35.4. The fourth-order valence-corrected chi connectivity index (χ4v) is 5.96. The summed E-state index contributed by atoms with van der Waals surface area (Å²) in [5.41, 5.74) is 0. The van der Waals surface area contributed by atoms with Gasteiger partial charge in [-0.15, -0.1) is 0 Å². The van der Waals surface area contributed by atoms with Crippen molar-refractivity contribution < 1.29 is 9.59 Å². The van der Waals surface area contributed by atoms with Crippen molar-refractivity contribution in [3.8, 4) is 0 Å². The van der Waals surface area contributed by atoms with Crippen molar-refractivity contribution >= 4 is 11.9 Å². The van der Waals surface area contributed by atoms with E-state index in [1.807, 2.05) is 4.90 Å². The van der Waals surface area contributed by atoms with Crippen molar-refractivity contribution in [2.45, 2.75) is 76.8 Å². The van der Waals surface area contributed by atoms with E-state index in [1.165, 1.54) is 38.5 Å². The Kier molecular flexibility index (Phi) is 4.92. The third kappa shape index (κ3) is 3.65. The highest BCUT2D eigenvalue weighted by atomic mass is 16.2. The van der Waals surface area contributed by atoms with Crippen molar-refractivity contribution in [1.82, 2.24) is 15.1 Å². The Morgan fingerprint density at radius 2 is 1.80 bits per heavy atom. The van der Waals surface area contributed by atoms with Gasteiger partial charge in [0.25, 0.3) is 0 Å². The summed E-state index contributed by atoms with van der Waals surface area (Å²) in [4.78, 5) is 28.3. The van der Waals surface area contributed by atoms with Crippen molar-refractivity contribution in [1.29, 1.82) is 0 Å². The lowest BCUT2D eigenvalue weighted by Crippen LogP contribution is -2.51. The fraction of sp³-hybridized carbons (Fsp3) is 0.900. The number of fused-ring (bicyclic) bond motifs is 2. The number of carbonyl (C=O) groups is 2. The SMILES string of the molecule is CC(=O)N1CCC(NC(=O)N2CCC[C@@H]2C[C@@H]2C[C@H]3CC[C@H]2C3)CC1. The maximum atomic E-state index is 12.8. The number of hydrogen-bond donors (Lipinski definition) is 1. The molecule has 0 aromatic carbocycles. The molecule has 4 fully saturated rings. The molecule has 2 aliphatic carbocycles. The quantitative estimate of drug-likeness (QED) is 0.853. The Morgan fingerprint density at radius 1 is 1.00 bits per heavy atom. The van der Waals surface area contributed by atoms with E-state index in [-0.39, 0.29) is 18.0 Å². The van der Waals surface area contributed by atoms with E-state index >= 15 is 0 Å². The number of amides is 3. The van der Waals surface area contributed by atoms with Gasteiger partial charge >= 0.3 is 6.03 Å². The van der Waals surface area contributed by atoms with Gasteiger partial charge in [-0.1, -0.05) is 6.42 Å². The zero-order valence-corrected chi connectivity index (χ0v) is 15.6. The van der Waals surface area contributed by atoms with Gasteiger partial charge in [-0.25, -0.2) is 4.79 Å². The molecule has 0 aromatic heterocycles. The van der Waals surface area contributed by atoms with E-state index in [4.69, 9.17) is 0 Å². The van der Waals surface area contributed by atoms with E-state index in [1.54, 1.807) is 6.92 Å². The molecule has 2 aliphatic heterocycles. The van der Waals surface area contributed by atoms with Crippen LogP contribution < -0.4 is 5.32 Å². The van der Waals surface area contributed by atoms with Crippen LogP contribution in [0.2, 0.25) is 0 Å². The van der Waals surface area contributed by atoms with Crippen LogP contribution in [0.25, 0.3) is 0 Å². The molecular formula is C20H33N3O2. The lowest BCUT2D eigenvalue weighted by Gasteiger charge is -2.34. The molecule has 25 heavy (non-hydrogen) atoms. The van der Waals surface area contributed by atoms with Gasteiger partial charge in [0.15, 0.2) is 0 Å². The zero-order valence-electron chi connectivity index (χ0n) is 15.6. The number of piperidine rings is 1. The van der Waals surface area contributed by atoms with Gasteiger partial charge in [0.2, 0.25) is 5.91 Å². The summed E-state index contributed by atoms with van der Waals surface area (Å²) < 4.78 is 0. The highest BCUT2D eigenvalue weighted by Crippen LogP contribution is 2.50. The van der Waals surface area contributed by atoms with Crippen LogP contribution in [0, 0.1) is 17.8 Å². The summed E-state index contributed by atoms with van der Waals surface area (Å²) in [5, 5.41) is 3.26. The van der Waals surface area contributed by atoms with Crippen LogP contribution in [0.4, 0.5) is 4.79 Å². The maximum absolute atomic E-state index is 12.8. The number of nitrogens with one attached hydrogen (secondary N) is 1. The summed E-state index contributed by atoms with van der Waals surface area (Å²) in [6.07, 6.45) is 11.1. The third-order valence-electron chi connectivity index (χ3n) is 7.37. The van der Waals surface area contributed by atoms with Crippen LogP contribution in [-0.4, -0.2) is 53.5 Å². The lowest BCUT2D eigenvalue weighted by molar-refractivity contribution is -0.129. The molecule has 0 unspecified atom stereocenters. The second-order valence-electron chi connectivity index (χ2n) is 8.89. The van der Waals surface area contributed by atoms with Crippen LogP contribution in [0.5, 0.6) is 0 Å². The van der Waals surface area contributed by atoms with E-state index < -0.39 is 0 Å². The molecule has 4 rings (SSSR count). The van der Waals surface area contributed by atoms with E-state index in [9.17, 15) is 9.59 Å². The Morgan fingerprint density at radius 3 is 2.44 bits per heavy atom. The molecule has 0 radical (unpaired) electrons. The highest BCUT2D eigenvalue weighted by molar-refractivity contribution is 5.75. The Hall–Kier alpha value is -1.26. The van der Waals surface area contributed by atoms with E-state index in [0.29, 0.717) is 6.04 Å². The third-order valence-corrected chi connectivity index (χ3v) is 7.37. The molecule has 2 heterocycles. The molecule has 2 saturated heterocycles. The molecule has 140 valence electrons. The standard InChI is InChI=1S/C20H33N3O2/c1-14(24)22-9-6-18(7-10-22)21-20(25)23-8-2-3-19(23)13-17-12-15-4-5-16(17)11-15/h15-19H,2-13H2,1H3,(H,21,25)/t15-,16-,17-,19+/m0/s1. The van der Waals surface area contributed by atoms with E-state index in [2.05, 4.69) is 10.2 Å². The van der Waals surface area contributed by atoms with Crippen LogP contribution in [0.3, 0.4) is 0 Å². The van der Waals surface area contributed by atoms with Crippen molar-refractivity contribution in [2.24, 2.45) is 17.8 Å². The van der Waals surface area contributed by atoms with Gasteiger partial charge in [0.05, 0.1) is 0 Å². The molecule has 0 aromatic rings. The molecule has 0 spiro atoms. The molecule has 2 saturated carbocycles. The minimum Gasteiger partial charge on any atom is -0.343 e. The molecule has 4 atom stereocenters. The lowest BCUT2D eigenvalue weighted by atomic mass is 9.84. The van der Waals surface area contributed by atoms with Crippen molar-refractivity contribution in [3.63, 3.8) is 0 Å². The molecule has 2 bridgehead atoms. The first-order valence-corrected chi connectivity index (χ1v) is 10.4. The predicted molar refractivity (Wildman–Crippen MR) is 97.1 cm³/mol. The van der Waals surface area contributed by atoms with Gasteiger partial charge in [-0.3, -0.25) is 4.79 Å². The minimum absolute atomic E-state index is 0.145. The smallest absolute Gasteiger partial charge is 0.317 e. The number of rotatable bonds is 3. The highest BCUT2D eigenvalue weighted by Gasteiger charge is 2.42. The number of carbonyl (C=O) groups excluding carboxylic acids is 2. The number of likely N-dealkylation sites (tertiary alicyclic amines) is 2. The van der Waals surface area contributed by atoms with Gasteiger partial charge in [-0.2, -0.15) is 0 Å². The first-order chi connectivity index (χ1) is 12.1. The van der Waals surface area contributed by atoms with Gasteiger partial charge < -0.3 is 15.1 Å². The fourth-order valence-electron chi connectivity index (χ4n) is 5.96. The largest absolute Gasteiger partial charge is 0.343 e. The van der Waals surface area contributed by atoms with Gasteiger partial charge in [-0.05, 0) is 69.1 Å². The topological polar surface area (TPSA) is 52.7 Å². The summed E-state index contributed by atoms with van der Waals surface area (Å²) in [5.74, 6) is 2.96. The second-order valence-corrected chi connectivity index (χ2v) is 8.89. The van der Waals surface area contributed by atoms with E-state index in [0.717, 1.165) is 56.7 Å². The Balaban J connectivity index is 1.27. The van der Waals surface area contributed by atoms with Crippen LogP contribution in [0.15, 0.2) is 0 Å². The monoisotopic (exact) mass is 347 g/mol. The second kappa shape index (κ2) is 7.16. The summed E-state index contributed by atoms with van der Waals surface area (Å²) in [6.45, 7) is 4.09. The number of urea groups is 1. The Labute approximate surface area is 151 Å². The molecule has 1 N–H and O–H groups in total. The van der Waals surface area contributed by atoms with Crippen molar-refractivity contribution in [3.05, 3.63) is 0 Å². The molecule has 3 amide bonds. The summed E-state index contributed by atoms with van der Waals surface area (Å²) >= 11 is 0. The summed E-state index contributed by atoms with van der Waals surface area (Å²) in [6, 6.07) is 0.834. The van der Waals surface area contributed by atoms with Crippen molar-refractivity contribution in [2.75, 3.05) is 19.6 Å². The zero-order chi connectivity index (χ0) is 17.4. The first kappa shape index (κ1) is 17.2. The maximum Gasteiger partial charge on any atom is 0.317 e. The predicted octanol–water partition coefficient (Wildman–Crippen LogP) is 3.00. The first-order valence-electron chi connectivity index (χ1n) is 10.4. The number of nitrogens with zero attached hydrogens (tertiary/aromatic N) is 2. The minimum atomic E-state index is 0.145. The average molecular weight is 348 g/mol. The Bertz CT molecular complexity index is 515. The average Bonchev–Trinajstić information content (AvgIpc) is 3.32. The van der Waals surface area contributed by atoms with Crippen LogP contribution in [0.1, 0.15) is 64.7 Å². The van der Waals surface area contributed by atoms with Gasteiger partial charge in [0.1, 0.15) is 0 Å². The molecule has 5 heteroatoms. The van der Waals surface area contributed by atoms with Crippen LogP contribution in [-0.2, 0) is 4.79 Å². The molecule has 4 aliphatic rings. The summed E-state index contributed by atoms with van der Waals surface area (Å²) in [7, 11) is 0. The van der Waals surface area contributed by atoms with Gasteiger partial charge in [0, 0.05) is 38.6 Å².